The van der Waals surface area contributed by atoms with Gasteiger partial charge in [-0.2, -0.15) is 10.2 Å². The van der Waals surface area contributed by atoms with E-state index >= 15 is 0 Å². The lowest BCUT2D eigenvalue weighted by molar-refractivity contribution is -0.210. The summed E-state index contributed by atoms with van der Waals surface area (Å²) in [5.74, 6) is 0.874. The zero-order chi connectivity index (χ0) is 22.6. The maximum Gasteiger partial charge on any atom is 0.164 e. The highest BCUT2D eigenvalue weighted by Crippen LogP contribution is 2.38. The third-order valence-corrected chi connectivity index (χ3v) is 6.83. The summed E-state index contributed by atoms with van der Waals surface area (Å²) < 4.78 is 10.7. The number of ether oxygens (including phenoxy) is 1. The van der Waals surface area contributed by atoms with Gasteiger partial charge in [-0.1, -0.05) is 0 Å². The highest BCUT2D eigenvalue weighted by molar-refractivity contribution is 9.10. The molecule has 1 aliphatic heterocycles. The first-order valence-electron chi connectivity index (χ1n) is 9.99. The molecule has 1 saturated heterocycles. The molecule has 5 rings (SSSR count). The fourth-order valence-electron chi connectivity index (χ4n) is 4.07. The van der Waals surface area contributed by atoms with Gasteiger partial charge in [-0.15, -0.1) is 11.3 Å². The number of aryl methyl sites for hydroxylation is 2. The van der Waals surface area contributed by atoms with Crippen LogP contribution in [0, 0.1) is 13.8 Å². The minimum atomic E-state index is -1.20. The lowest BCUT2D eigenvalue weighted by Gasteiger charge is -2.41. The van der Waals surface area contributed by atoms with Gasteiger partial charge in [-0.25, -0.2) is 14.6 Å². The minimum absolute atomic E-state index is 0.372. The summed E-state index contributed by atoms with van der Waals surface area (Å²) in [4.78, 5) is 9.02. The topological polar surface area (TPSA) is 131 Å². The number of hydrogen-bond donors (Lipinski definition) is 3. The molecule has 0 bridgehead atoms. The summed E-state index contributed by atoms with van der Waals surface area (Å²) in [6, 6.07) is 4.91. The van der Waals surface area contributed by atoms with Gasteiger partial charge in [0.1, 0.15) is 36.3 Å². The van der Waals surface area contributed by atoms with Crippen molar-refractivity contribution in [1.82, 2.24) is 29.5 Å². The predicted molar refractivity (Wildman–Crippen MR) is 120 cm³/mol. The van der Waals surface area contributed by atoms with E-state index in [1.165, 1.54) is 4.68 Å². The monoisotopic (exact) mass is 520 g/mol. The van der Waals surface area contributed by atoms with Gasteiger partial charge in [0.2, 0.25) is 0 Å². The van der Waals surface area contributed by atoms with E-state index < -0.39 is 37.1 Å². The molecule has 1 fully saturated rings. The number of hydrogen-bond acceptors (Lipinski definition) is 9. The summed E-state index contributed by atoms with van der Waals surface area (Å²) >= 11 is 4.92. The van der Waals surface area contributed by atoms with Crippen molar-refractivity contribution in [2.24, 2.45) is 0 Å². The molecule has 0 radical (unpaired) electrons. The van der Waals surface area contributed by atoms with Crippen LogP contribution in [-0.2, 0) is 4.74 Å². The lowest BCUT2D eigenvalue weighted by atomic mass is 9.92. The summed E-state index contributed by atoms with van der Waals surface area (Å²) in [6.07, 6.45) is -1.04. The van der Waals surface area contributed by atoms with E-state index in [9.17, 15) is 15.3 Å². The van der Waals surface area contributed by atoms with Crippen LogP contribution in [0.5, 0.6) is 0 Å². The molecule has 0 saturated carbocycles. The fraction of sp³-hybridized carbons (Fsp3) is 0.400. The summed E-state index contributed by atoms with van der Waals surface area (Å²) in [6.45, 7) is 3.28. The van der Waals surface area contributed by atoms with Gasteiger partial charge in [-0.3, -0.25) is 4.68 Å². The number of nitrogens with zero attached hydrogens (tertiary/aromatic N) is 6. The molecule has 1 aliphatic rings. The predicted octanol–water partition coefficient (Wildman–Crippen LogP) is 1.85. The van der Waals surface area contributed by atoms with Gasteiger partial charge in [0, 0.05) is 6.20 Å². The molecule has 5 atom stereocenters. The number of aliphatic hydroxyl groups is 3. The molecule has 4 aromatic rings. The van der Waals surface area contributed by atoms with Crippen molar-refractivity contribution in [1.29, 1.82) is 0 Å². The molecule has 0 amide bonds. The Bertz CT molecular complexity index is 1270. The van der Waals surface area contributed by atoms with E-state index in [2.05, 4.69) is 36.1 Å². The zero-order valence-corrected chi connectivity index (χ0v) is 19.6. The molecular formula is C20H21BrN6O4S. The Kier molecular flexibility index (Phi) is 5.60. The molecule has 32 heavy (non-hydrogen) atoms. The van der Waals surface area contributed by atoms with Crippen LogP contribution in [0.2, 0.25) is 0 Å². The second-order valence-corrected chi connectivity index (χ2v) is 9.85. The second-order valence-electron chi connectivity index (χ2n) is 7.70. The molecule has 12 heteroatoms. The number of aromatic nitrogens is 6. The normalized spacial score (nSPS) is 26.1. The Labute approximate surface area is 195 Å². The summed E-state index contributed by atoms with van der Waals surface area (Å²) in [5.41, 5.74) is 1.65. The van der Waals surface area contributed by atoms with E-state index in [4.69, 9.17) is 4.74 Å². The van der Waals surface area contributed by atoms with Gasteiger partial charge in [0.25, 0.3) is 0 Å². The van der Waals surface area contributed by atoms with Gasteiger partial charge in [0.05, 0.1) is 38.2 Å². The number of benzene rings is 1. The molecule has 3 N–H and O–H groups in total. The highest BCUT2D eigenvalue weighted by atomic mass is 79.9. The maximum absolute atomic E-state index is 11.3. The smallest absolute Gasteiger partial charge is 0.164 e. The van der Waals surface area contributed by atoms with Crippen molar-refractivity contribution >= 4 is 37.5 Å². The molecule has 3 aromatic heterocycles. The van der Waals surface area contributed by atoms with E-state index in [1.54, 1.807) is 35.3 Å². The van der Waals surface area contributed by atoms with Crippen molar-refractivity contribution in [2.75, 3.05) is 6.61 Å². The quantitative estimate of drug-likeness (QED) is 0.371. The van der Waals surface area contributed by atoms with Crippen molar-refractivity contribution in [2.45, 2.75) is 44.3 Å². The molecular weight excluding hydrogens is 500 g/mol. The SMILES string of the molecule is Cc1nc([C@@H]2O[C@H](CO)[C@H](O)[C@H](n3cc(Br)cn3)[C@H]2O)n(-c2ccc3nc(C)sc3c2)n1. The van der Waals surface area contributed by atoms with E-state index in [-0.39, 0.29) is 0 Å². The highest BCUT2D eigenvalue weighted by Gasteiger charge is 2.48. The van der Waals surface area contributed by atoms with Gasteiger partial charge in [0.15, 0.2) is 5.82 Å². The molecule has 0 aliphatic carbocycles. The van der Waals surface area contributed by atoms with Crippen LogP contribution < -0.4 is 0 Å². The van der Waals surface area contributed by atoms with Crippen LogP contribution in [0.15, 0.2) is 35.1 Å². The van der Waals surface area contributed by atoms with Crippen LogP contribution in [0.3, 0.4) is 0 Å². The molecule has 168 valence electrons. The zero-order valence-electron chi connectivity index (χ0n) is 17.2. The van der Waals surface area contributed by atoms with E-state index in [0.717, 1.165) is 20.9 Å². The molecule has 4 heterocycles. The van der Waals surface area contributed by atoms with Crippen LogP contribution in [0.4, 0.5) is 0 Å². The van der Waals surface area contributed by atoms with Crippen LogP contribution in [-0.4, -0.2) is 69.8 Å². The minimum Gasteiger partial charge on any atom is -0.394 e. The van der Waals surface area contributed by atoms with E-state index in [1.807, 2.05) is 25.1 Å². The van der Waals surface area contributed by atoms with Gasteiger partial charge < -0.3 is 20.1 Å². The standard InChI is InChI=1S/C20H21BrN6O4S/c1-9-23-20(27(25-9)12-3-4-13-15(5-12)32-10(2)24-13)19-18(30)16(17(29)14(8-28)31-19)26-7-11(21)6-22-26/h3-7,14,16-19,28-30H,8H2,1-2H3/t14-,16+,17+,18-,19-/m1/s1. The number of aliphatic hydroxyl groups excluding tert-OH is 3. The Morgan fingerprint density at radius 2 is 2.00 bits per heavy atom. The first-order valence-corrected chi connectivity index (χ1v) is 11.6. The van der Waals surface area contributed by atoms with Crippen molar-refractivity contribution in [3.8, 4) is 5.69 Å². The molecule has 10 nitrogen and oxygen atoms in total. The fourth-order valence-corrected chi connectivity index (χ4v) is 5.23. The van der Waals surface area contributed by atoms with Gasteiger partial charge >= 0.3 is 0 Å². The summed E-state index contributed by atoms with van der Waals surface area (Å²) in [7, 11) is 0. The Balaban J connectivity index is 1.58. The Hall–Kier alpha value is -2.22. The average Bonchev–Trinajstić information content (AvgIpc) is 3.45. The molecule has 1 aromatic carbocycles. The lowest BCUT2D eigenvalue weighted by Crippen LogP contribution is -2.53. The van der Waals surface area contributed by atoms with Crippen molar-refractivity contribution in [3.63, 3.8) is 0 Å². The number of rotatable bonds is 4. The van der Waals surface area contributed by atoms with E-state index in [0.29, 0.717) is 16.1 Å². The van der Waals surface area contributed by atoms with Crippen LogP contribution >= 0.6 is 27.3 Å². The third kappa shape index (κ3) is 3.66. The number of fused-ring (bicyclic) bond motifs is 1. The van der Waals surface area contributed by atoms with Crippen LogP contribution in [0.1, 0.15) is 28.8 Å². The number of thiazole rings is 1. The second kappa shape index (κ2) is 8.28. The van der Waals surface area contributed by atoms with Crippen LogP contribution in [0.25, 0.3) is 15.9 Å². The Morgan fingerprint density at radius 3 is 2.72 bits per heavy atom. The third-order valence-electron chi connectivity index (χ3n) is 5.48. The van der Waals surface area contributed by atoms with Crippen molar-refractivity contribution in [3.05, 3.63) is 51.7 Å². The maximum atomic E-state index is 11.3. The Morgan fingerprint density at radius 1 is 1.19 bits per heavy atom. The average molecular weight is 521 g/mol. The summed E-state index contributed by atoms with van der Waals surface area (Å²) in [5, 5.41) is 41.6. The molecule has 0 unspecified atom stereocenters. The first kappa shape index (κ1) is 21.6. The largest absolute Gasteiger partial charge is 0.394 e. The van der Waals surface area contributed by atoms with Gasteiger partial charge in [-0.05, 0) is 48.0 Å². The number of halogens is 1. The molecule has 0 spiro atoms. The van der Waals surface area contributed by atoms with Crippen molar-refractivity contribution < 1.29 is 20.1 Å². The first-order chi connectivity index (χ1) is 15.4.